The lowest BCUT2D eigenvalue weighted by molar-refractivity contribution is -0.138. The van der Waals surface area contributed by atoms with E-state index in [0.717, 1.165) is 17.5 Å². The van der Waals surface area contributed by atoms with Crippen molar-refractivity contribution in [2.24, 2.45) is 0 Å². The van der Waals surface area contributed by atoms with Gasteiger partial charge in [-0.05, 0) is 77.1 Å². The highest BCUT2D eigenvalue weighted by Crippen LogP contribution is 2.22. The highest BCUT2D eigenvalue weighted by Gasteiger charge is 2.39. The van der Waals surface area contributed by atoms with E-state index in [0.29, 0.717) is 32.5 Å². The number of hydrogen-bond donors (Lipinski definition) is 1. The monoisotopic (exact) mass is 585 g/mol. The van der Waals surface area contributed by atoms with Crippen LogP contribution in [0, 0.1) is 5.82 Å². The van der Waals surface area contributed by atoms with Crippen LogP contribution in [0.1, 0.15) is 58.6 Å². The Kier molecular flexibility index (Phi) is 12.2. The number of carbonyl (C=O) groups is 3. The standard InChI is InChI=1S/C32H44FN3O6/c1-6-40-23(2)28(34-30(38)42-32(3,4)5)29(37)36-19-10-13-27(36)21-35(20-18-24-14-16-26(33)17-15-24)31(39)41-22-25-11-8-7-9-12-25/h7-9,11-12,14-17,23,27-28H,6,10,13,18-22H2,1-5H3,(H,34,38)/t23?,27-,28-/m0/s1. The van der Waals surface area contributed by atoms with Gasteiger partial charge in [0.1, 0.15) is 24.1 Å². The predicted octanol–water partition coefficient (Wildman–Crippen LogP) is 5.32. The van der Waals surface area contributed by atoms with Gasteiger partial charge in [-0.3, -0.25) is 4.79 Å². The van der Waals surface area contributed by atoms with Crippen LogP contribution >= 0.6 is 0 Å². The number of halogens is 1. The normalized spacial score (nSPS) is 16.4. The van der Waals surface area contributed by atoms with Crippen LogP contribution in [-0.2, 0) is 32.0 Å². The van der Waals surface area contributed by atoms with Crippen molar-refractivity contribution >= 4 is 18.1 Å². The second-order valence-corrected chi connectivity index (χ2v) is 11.5. The van der Waals surface area contributed by atoms with E-state index in [4.69, 9.17) is 14.2 Å². The van der Waals surface area contributed by atoms with Crippen LogP contribution in [0.4, 0.5) is 14.0 Å². The molecule has 0 saturated carbocycles. The van der Waals surface area contributed by atoms with E-state index in [9.17, 15) is 18.8 Å². The summed E-state index contributed by atoms with van der Waals surface area (Å²) in [5.74, 6) is -0.616. The number of likely N-dealkylation sites (tertiary alicyclic amines) is 1. The second-order valence-electron chi connectivity index (χ2n) is 11.5. The number of hydrogen-bond acceptors (Lipinski definition) is 6. The van der Waals surface area contributed by atoms with E-state index in [2.05, 4.69) is 5.32 Å². The molecule has 0 radical (unpaired) electrons. The second kappa shape index (κ2) is 15.5. The Morgan fingerprint density at radius 1 is 1.07 bits per heavy atom. The smallest absolute Gasteiger partial charge is 0.410 e. The minimum atomic E-state index is -0.960. The van der Waals surface area contributed by atoms with Crippen LogP contribution in [0.2, 0.25) is 0 Å². The first kappa shape index (κ1) is 32.8. The lowest BCUT2D eigenvalue weighted by atomic mass is 10.1. The van der Waals surface area contributed by atoms with E-state index >= 15 is 0 Å². The summed E-state index contributed by atoms with van der Waals surface area (Å²) in [6.07, 6.45) is 0.142. The van der Waals surface area contributed by atoms with Crippen LogP contribution in [0.25, 0.3) is 0 Å². The van der Waals surface area contributed by atoms with Gasteiger partial charge in [-0.15, -0.1) is 0 Å². The first-order valence-electron chi connectivity index (χ1n) is 14.6. The maximum atomic E-state index is 13.9. The van der Waals surface area contributed by atoms with Crippen LogP contribution in [0.5, 0.6) is 0 Å². The molecule has 1 aliphatic heterocycles. The van der Waals surface area contributed by atoms with Crippen molar-refractivity contribution < 1.29 is 33.0 Å². The summed E-state index contributed by atoms with van der Waals surface area (Å²) < 4.78 is 30.2. The fraction of sp³-hybridized carbons (Fsp3) is 0.531. The molecular formula is C32H44FN3O6. The summed E-state index contributed by atoms with van der Waals surface area (Å²) in [6.45, 7) is 10.4. The lowest BCUT2D eigenvalue weighted by Crippen LogP contribution is -2.57. The van der Waals surface area contributed by atoms with Gasteiger partial charge < -0.3 is 29.3 Å². The zero-order valence-electron chi connectivity index (χ0n) is 25.3. The third kappa shape index (κ3) is 10.3. The summed E-state index contributed by atoms with van der Waals surface area (Å²) in [4.78, 5) is 43.1. The van der Waals surface area contributed by atoms with Gasteiger partial charge in [-0.25, -0.2) is 14.0 Å². The molecule has 1 aliphatic rings. The number of nitrogens with one attached hydrogen (secondary N) is 1. The average molecular weight is 586 g/mol. The molecule has 230 valence electrons. The zero-order valence-corrected chi connectivity index (χ0v) is 25.3. The van der Waals surface area contributed by atoms with E-state index in [1.54, 1.807) is 49.6 Å². The molecule has 0 bridgehead atoms. The maximum absolute atomic E-state index is 13.9. The van der Waals surface area contributed by atoms with Crippen LogP contribution in [0.3, 0.4) is 0 Å². The highest BCUT2D eigenvalue weighted by molar-refractivity contribution is 5.87. The van der Waals surface area contributed by atoms with E-state index in [1.807, 2.05) is 37.3 Å². The third-order valence-electron chi connectivity index (χ3n) is 6.98. The first-order chi connectivity index (χ1) is 20.0. The summed E-state index contributed by atoms with van der Waals surface area (Å²) in [7, 11) is 0. The molecule has 0 aromatic heterocycles. The summed E-state index contributed by atoms with van der Waals surface area (Å²) >= 11 is 0. The number of benzene rings is 2. The molecular weight excluding hydrogens is 541 g/mol. The summed E-state index contributed by atoms with van der Waals surface area (Å²) in [5, 5.41) is 2.71. The predicted molar refractivity (Wildman–Crippen MR) is 157 cm³/mol. The Morgan fingerprint density at radius 2 is 1.76 bits per heavy atom. The van der Waals surface area contributed by atoms with Gasteiger partial charge in [0.05, 0.1) is 6.10 Å². The average Bonchev–Trinajstić information content (AvgIpc) is 3.41. The minimum absolute atomic E-state index is 0.119. The third-order valence-corrected chi connectivity index (χ3v) is 6.98. The van der Waals surface area contributed by atoms with Gasteiger partial charge in [0.2, 0.25) is 5.91 Å². The SMILES string of the molecule is CCOC(C)[C@H](NC(=O)OC(C)(C)C)C(=O)N1CCC[C@H]1CN(CCc1ccc(F)cc1)C(=O)OCc1ccccc1. The van der Waals surface area contributed by atoms with Crippen molar-refractivity contribution in [2.75, 3.05) is 26.2 Å². The topological polar surface area (TPSA) is 97.4 Å². The number of carbonyl (C=O) groups excluding carboxylic acids is 3. The van der Waals surface area contributed by atoms with Crippen molar-refractivity contribution in [3.8, 4) is 0 Å². The molecule has 2 aromatic carbocycles. The zero-order chi connectivity index (χ0) is 30.7. The van der Waals surface area contributed by atoms with Gasteiger partial charge >= 0.3 is 12.2 Å². The molecule has 3 amide bonds. The number of amides is 3. The van der Waals surface area contributed by atoms with Crippen LogP contribution < -0.4 is 5.32 Å². The van der Waals surface area contributed by atoms with Crippen LogP contribution in [-0.4, -0.2) is 77.9 Å². The fourth-order valence-corrected chi connectivity index (χ4v) is 4.91. The van der Waals surface area contributed by atoms with Crippen LogP contribution in [0.15, 0.2) is 54.6 Å². The Balaban J connectivity index is 1.75. The van der Waals surface area contributed by atoms with Crippen molar-refractivity contribution in [1.29, 1.82) is 0 Å². The van der Waals surface area contributed by atoms with Gasteiger partial charge in [0, 0.05) is 32.3 Å². The van der Waals surface area contributed by atoms with E-state index < -0.39 is 29.9 Å². The van der Waals surface area contributed by atoms with Gasteiger partial charge in [0.25, 0.3) is 0 Å². The minimum Gasteiger partial charge on any atom is -0.445 e. The Hall–Kier alpha value is -3.66. The number of nitrogens with zero attached hydrogens (tertiary/aromatic N) is 2. The molecule has 3 rings (SSSR count). The Morgan fingerprint density at radius 3 is 2.40 bits per heavy atom. The molecule has 42 heavy (non-hydrogen) atoms. The largest absolute Gasteiger partial charge is 0.445 e. The van der Waals surface area contributed by atoms with Gasteiger partial charge in [0.15, 0.2) is 0 Å². The number of rotatable bonds is 12. The van der Waals surface area contributed by atoms with Crippen molar-refractivity contribution in [3.63, 3.8) is 0 Å². The quantitative estimate of drug-likeness (QED) is 0.362. The molecule has 1 saturated heterocycles. The Labute approximate surface area is 248 Å². The number of ether oxygens (including phenoxy) is 3. The molecule has 9 nitrogen and oxygen atoms in total. The first-order valence-corrected chi connectivity index (χ1v) is 14.6. The Bertz CT molecular complexity index is 1160. The number of alkyl carbamates (subject to hydrolysis) is 1. The molecule has 1 heterocycles. The molecule has 1 N–H and O–H groups in total. The highest BCUT2D eigenvalue weighted by atomic mass is 19.1. The van der Waals surface area contributed by atoms with Gasteiger partial charge in [-0.1, -0.05) is 42.5 Å². The fourth-order valence-electron chi connectivity index (χ4n) is 4.91. The molecule has 0 aliphatic carbocycles. The van der Waals surface area contributed by atoms with E-state index in [1.165, 1.54) is 12.1 Å². The lowest BCUT2D eigenvalue weighted by Gasteiger charge is -2.34. The molecule has 3 atom stereocenters. The van der Waals surface area contributed by atoms with Crippen molar-refractivity contribution in [2.45, 2.75) is 84.3 Å². The summed E-state index contributed by atoms with van der Waals surface area (Å²) in [5.41, 5.74) is 1.01. The molecule has 10 heteroatoms. The van der Waals surface area contributed by atoms with Gasteiger partial charge in [-0.2, -0.15) is 0 Å². The van der Waals surface area contributed by atoms with E-state index in [-0.39, 0.29) is 30.9 Å². The summed E-state index contributed by atoms with van der Waals surface area (Å²) in [6, 6.07) is 14.3. The van der Waals surface area contributed by atoms with Crippen molar-refractivity contribution in [3.05, 3.63) is 71.5 Å². The molecule has 1 unspecified atom stereocenters. The van der Waals surface area contributed by atoms with Crippen molar-refractivity contribution in [1.82, 2.24) is 15.1 Å². The molecule has 0 spiro atoms. The molecule has 2 aromatic rings. The molecule has 1 fully saturated rings. The maximum Gasteiger partial charge on any atom is 0.410 e.